The van der Waals surface area contributed by atoms with Crippen molar-refractivity contribution in [2.24, 2.45) is 0 Å². The van der Waals surface area contributed by atoms with Crippen LogP contribution in [-0.4, -0.2) is 13.6 Å². The van der Waals surface area contributed by atoms with E-state index in [-0.39, 0.29) is 0 Å². The van der Waals surface area contributed by atoms with Crippen molar-refractivity contribution < 1.29 is 4.39 Å². The highest BCUT2D eigenvalue weighted by Gasteiger charge is 2.36. The lowest BCUT2D eigenvalue weighted by Crippen LogP contribution is -2.18. The van der Waals surface area contributed by atoms with Crippen molar-refractivity contribution in [3.63, 3.8) is 0 Å². The molecule has 0 spiro atoms. The van der Waals surface area contributed by atoms with Gasteiger partial charge in [-0.2, -0.15) is 0 Å². The van der Waals surface area contributed by atoms with Crippen molar-refractivity contribution in [2.75, 3.05) is 13.6 Å². The van der Waals surface area contributed by atoms with Gasteiger partial charge in [0.25, 0.3) is 0 Å². The molecule has 0 aromatic heterocycles. The van der Waals surface area contributed by atoms with Crippen molar-refractivity contribution in [1.29, 1.82) is 0 Å². The number of halogens is 1. The molecule has 2 heteroatoms. The van der Waals surface area contributed by atoms with Crippen molar-refractivity contribution in [3.8, 4) is 0 Å². The van der Waals surface area contributed by atoms with Crippen LogP contribution in [0.5, 0.6) is 0 Å². The molecular weight excluding hydrogens is 213 g/mol. The number of nitrogens with one attached hydrogen (secondary N) is 1. The normalized spacial score (nSPS) is 18.5. The molecule has 0 bridgehead atoms. The predicted molar refractivity (Wildman–Crippen MR) is 69.9 cm³/mol. The zero-order valence-corrected chi connectivity index (χ0v) is 10.6. The first kappa shape index (κ1) is 12.6. The van der Waals surface area contributed by atoms with Crippen LogP contribution in [0.25, 0.3) is 0 Å². The Kier molecular flexibility index (Phi) is 4.16. The lowest BCUT2D eigenvalue weighted by Gasteiger charge is -2.23. The maximum atomic E-state index is 14.8. The van der Waals surface area contributed by atoms with Gasteiger partial charge < -0.3 is 5.32 Å². The number of hydrogen-bond donors (Lipinski definition) is 1. The SMILES string of the molecule is CNCCCc1ccccc1C1(F)CCCC1. The summed E-state index contributed by atoms with van der Waals surface area (Å²) in [5.74, 6) is 0. The summed E-state index contributed by atoms with van der Waals surface area (Å²) in [7, 11) is 1.96. The average molecular weight is 235 g/mol. The molecule has 0 amide bonds. The summed E-state index contributed by atoms with van der Waals surface area (Å²) in [6.45, 7) is 0.994. The standard InChI is InChI=1S/C15H22FN/c1-17-12-6-8-13-7-2-3-9-14(13)15(16)10-4-5-11-15/h2-3,7,9,17H,4-6,8,10-12H2,1H3. The molecule has 17 heavy (non-hydrogen) atoms. The zero-order chi connectivity index (χ0) is 12.1. The Balaban J connectivity index is 2.15. The Morgan fingerprint density at radius 1 is 1.24 bits per heavy atom. The van der Waals surface area contributed by atoms with Gasteiger partial charge in [-0.05, 0) is 63.2 Å². The number of aryl methyl sites for hydroxylation is 1. The van der Waals surface area contributed by atoms with E-state index in [4.69, 9.17) is 0 Å². The van der Waals surface area contributed by atoms with Crippen LogP contribution in [0.15, 0.2) is 24.3 Å². The first-order chi connectivity index (χ1) is 8.26. The second-order valence-electron chi connectivity index (χ2n) is 5.04. The fourth-order valence-corrected chi connectivity index (χ4v) is 2.84. The lowest BCUT2D eigenvalue weighted by molar-refractivity contribution is 0.173. The summed E-state index contributed by atoms with van der Waals surface area (Å²) >= 11 is 0. The fourth-order valence-electron chi connectivity index (χ4n) is 2.84. The van der Waals surface area contributed by atoms with Crippen LogP contribution in [0.4, 0.5) is 4.39 Å². The van der Waals surface area contributed by atoms with Gasteiger partial charge in [-0.1, -0.05) is 24.3 Å². The smallest absolute Gasteiger partial charge is 0.136 e. The summed E-state index contributed by atoms with van der Waals surface area (Å²) in [6, 6.07) is 8.07. The van der Waals surface area contributed by atoms with E-state index in [1.807, 2.05) is 25.2 Å². The molecule has 0 unspecified atom stereocenters. The van der Waals surface area contributed by atoms with E-state index >= 15 is 0 Å². The number of hydrogen-bond acceptors (Lipinski definition) is 1. The third-order valence-electron chi connectivity index (χ3n) is 3.77. The molecule has 94 valence electrons. The zero-order valence-electron chi connectivity index (χ0n) is 10.6. The average Bonchev–Trinajstić information content (AvgIpc) is 2.78. The quantitative estimate of drug-likeness (QED) is 0.769. The molecule has 1 saturated carbocycles. The van der Waals surface area contributed by atoms with E-state index in [2.05, 4.69) is 11.4 Å². The molecule has 1 nitrogen and oxygen atoms in total. The van der Waals surface area contributed by atoms with Crippen molar-refractivity contribution in [1.82, 2.24) is 5.32 Å². The van der Waals surface area contributed by atoms with Crippen LogP contribution in [-0.2, 0) is 12.1 Å². The van der Waals surface area contributed by atoms with Crippen LogP contribution in [0, 0.1) is 0 Å². The largest absolute Gasteiger partial charge is 0.320 e. The molecule has 0 radical (unpaired) electrons. The highest BCUT2D eigenvalue weighted by molar-refractivity contribution is 5.33. The fraction of sp³-hybridized carbons (Fsp3) is 0.600. The van der Waals surface area contributed by atoms with E-state index in [1.165, 1.54) is 5.56 Å². The van der Waals surface area contributed by atoms with Crippen LogP contribution in [0.1, 0.15) is 43.2 Å². The van der Waals surface area contributed by atoms with Gasteiger partial charge in [0.05, 0.1) is 0 Å². The third-order valence-corrected chi connectivity index (χ3v) is 3.77. The van der Waals surface area contributed by atoms with Crippen LogP contribution in [0.3, 0.4) is 0 Å². The van der Waals surface area contributed by atoms with Gasteiger partial charge >= 0.3 is 0 Å². The van der Waals surface area contributed by atoms with Gasteiger partial charge in [-0.15, -0.1) is 0 Å². The van der Waals surface area contributed by atoms with Crippen LogP contribution in [0.2, 0.25) is 0 Å². The molecule has 1 aromatic rings. The first-order valence-corrected chi connectivity index (χ1v) is 6.68. The highest BCUT2D eigenvalue weighted by Crippen LogP contribution is 2.43. The number of alkyl halides is 1. The molecule has 0 saturated heterocycles. The number of benzene rings is 1. The summed E-state index contributed by atoms with van der Waals surface area (Å²) in [4.78, 5) is 0. The first-order valence-electron chi connectivity index (χ1n) is 6.68. The molecular formula is C15H22FN. The van der Waals surface area contributed by atoms with E-state index in [1.54, 1.807) is 0 Å². The van der Waals surface area contributed by atoms with Crippen molar-refractivity contribution in [3.05, 3.63) is 35.4 Å². The second-order valence-corrected chi connectivity index (χ2v) is 5.04. The minimum Gasteiger partial charge on any atom is -0.320 e. The topological polar surface area (TPSA) is 12.0 Å². The second kappa shape index (κ2) is 5.63. The van der Waals surface area contributed by atoms with Gasteiger partial charge in [-0.25, -0.2) is 4.39 Å². The number of rotatable bonds is 5. The molecule has 0 atom stereocenters. The van der Waals surface area contributed by atoms with Gasteiger partial charge in [0, 0.05) is 0 Å². The molecule has 1 aliphatic rings. The Bertz CT molecular complexity index is 356. The Labute approximate surface area is 103 Å². The maximum Gasteiger partial charge on any atom is 0.136 e. The summed E-state index contributed by atoms with van der Waals surface area (Å²) in [6.07, 6.45) is 5.51. The molecule has 1 aliphatic carbocycles. The van der Waals surface area contributed by atoms with Gasteiger partial charge in [0.1, 0.15) is 5.67 Å². The minimum absolute atomic E-state index is 0.704. The molecule has 1 aromatic carbocycles. The van der Waals surface area contributed by atoms with E-state index in [0.29, 0.717) is 12.8 Å². The van der Waals surface area contributed by atoms with Crippen LogP contribution < -0.4 is 5.32 Å². The minimum atomic E-state index is -1.05. The Hall–Kier alpha value is -0.890. The molecule has 1 fully saturated rings. The summed E-state index contributed by atoms with van der Waals surface area (Å²) in [5.41, 5.74) is 1.11. The predicted octanol–water partition coefficient (Wildman–Crippen LogP) is 3.58. The van der Waals surface area contributed by atoms with Gasteiger partial charge in [0.2, 0.25) is 0 Å². The summed E-state index contributed by atoms with van der Waals surface area (Å²) < 4.78 is 14.8. The van der Waals surface area contributed by atoms with Crippen molar-refractivity contribution >= 4 is 0 Å². The molecule has 2 rings (SSSR count). The molecule has 1 N–H and O–H groups in total. The highest BCUT2D eigenvalue weighted by atomic mass is 19.1. The van der Waals surface area contributed by atoms with E-state index in [9.17, 15) is 4.39 Å². The van der Waals surface area contributed by atoms with Gasteiger partial charge in [0.15, 0.2) is 0 Å². The third kappa shape index (κ3) is 2.86. The molecule has 0 heterocycles. The molecule has 0 aliphatic heterocycles. The van der Waals surface area contributed by atoms with Gasteiger partial charge in [-0.3, -0.25) is 0 Å². The van der Waals surface area contributed by atoms with E-state index < -0.39 is 5.67 Å². The summed E-state index contributed by atoms with van der Waals surface area (Å²) in [5, 5.41) is 3.14. The monoisotopic (exact) mass is 235 g/mol. The lowest BCUT2D eigenvalue weighted by atomic mass is 9.88. The Morgan fingerprint density at radius 3 is 2.65 bits per heavy atom. The van der Waals surface area contributed by atoms with Crippen LogP contribution >= 0.6 is 0 Å². The Morgan fingerprint density at radius 2 is 1.94 bits per heavy atom. The van der Waals surface area contributed by atoms with Crippen molar-refractivity contribution in [2.45, 2.75) is 44.2 Å². The maximum absolute atomic E-state index is 14.8. The van der Waals surface area contributed by atoms with E-state index in [0.717, 1.165) is 37.8 Å².